The summed E-state index contributed by atoms with van der Waals surface area (Å²) in [5.41, 5.74) is 0.700. The number of carbonyl (C=O) groups is 1. The monoisotopic (exact) mass is 275 g/mol. The quantitative estimate of drug-likeness (QED) is 0.901. The lowest BCUT2D eigenvalue weighted by Gasteiger charge is -2.05. The predicted molar refractivity (Wildman–Crippen MR) is 71.9 cm³/mol. The predicted octanol–water partition coefficient (Wildman–Crippen LogP) is 0.892. The topological polar surface area (TPSA) is 64.0 Å². The van der Waals surface area contributed by atoms with E-state index in [4.69, 9.17) is 0 Å². The highest BCUT2D eigenvalue weighted by Crippen LogP contribution is 2.03. The molecule has 2 aromatic rings. The van der Waals surface area contributed by atoms with Crippen LogP contribution in [0.5, 0.6) is 0 Å². The fourth-order valence-corrected chi connectivity index (χ4v) is 1.73. The highest BCUT2D eigenvalue weighted by molar-refractivity contribution is 5.91. The van der Waals surface area contributed by atoms with Gasteiger partial charge >= 0.3 is 0 Å². The molecule has 0 aliphatic heterocycles. The van der Waals surface area contributed by atoms with E-state index in [1.54, 1.807) is 12.1 Å². The van der Waals surface area contributed by atoms with Gasteiger partial charge in [0.15, 0.2) is 0 Å². The van der Waals surface area contributed by atoms with E-state index in [0.717, 1.165) is 10.2 Å². The van der Waals surface area contributed by atoms with Gasteiger partial charge in [-0.25, -0.2) is 9.07 Å². The molecular weight excluding hydrogens is 261 g/mol. The van der Waals surface area contributed by atoms with Crippen LogP contribution in [-0.2, 0) is 13.5 Å². The van der Waals surface area contributed by atoms with Gasteiger partial charge in [0.25, 0.3) is 11.5 Å². The van der Waals surface area contributed by atoms with Crippen molar-refractivity contribution in [3.63, 3.8) is 0 Å². The minimum atomic E-state index is -0.364. The maximum atomic E-state index is 13.0. The third-order valence-corrected chi connectivity index (χ3v) is 2.78. The maximum absolute atomic E-state index is 13.0. The average Bonchev–Trinajstić information content (AvgIpc) is 2.42. The number of amides is 1. The Hall–Kier alpha value is -2.50. The van der Waals surface area contributed by atoms with Crippen LogP contribution in [0.25, 0.3) is 0 Å². The number of aromatic nitrogens is 2. The van der Waals surface area contributed by atoms with Gasteiger partial charge in [0.05, 0.1) is 0 Å². The second-order valence-electron chi connectivity index (χ2n) is 4.32. The van der Waals surface area contributed by atoms with Gasteiger partial charge in [0.1, 0.15) is 11.5 Å². The summed E-state index contributed by atoms with van der Waals surface area (Å²) in [5, 5.41) is 6.52. The molecule has 0 atom stereocenters. The summed E-state index contributed by atoms with van der Waals surface area (Å²) in [5.74, 6) is -0.662. The summed E-state index contributed by atoms with van der Waals surface area (Å²) in [6.07, 6.45) is 0.523. The zero-order valence-corrected chi connectivity index (χ0v) is 11.0. The molecule has 0 spiro atoms. The molecule has 0 saturated heterocycles. The molecule has 0 fully saturated rings. The molecule has 1 aromatic heterocycles. The van der Waals surface area contributed by atoms with Crippen molar-refractivity contribution in [1.82, 2.24) is 15.1 Å². The van der Waals surface area contributed by atoms with Crippen LogP contribution in [0.15, 0.2) is 41.2 Å². The first-order chi connectivity index (χ1) is 9.56. The molecular formula is C14H14FN3O2. The first-order valence-electron chi connectivity index (χ1n) is 6.13. The standard InChI is InChI=1S/C14H14FN3O2/c1-18-13(19)6-5-12(17-18)14(20)16-8-7-10-3-2-4-11(15)9-10/h2-6,9H,7-8H2,1H3,(H,16,20). The molecule has 0 radical (unpaired) electrons. The zero-order chi connectivity index (χ0) is 14.5. The Bertz CT molecular complexity index is 682. The Labute approximate surface area is 115 Å². The van der Waals surface area contributed by atoms with Crippen molar-refractivity contribution >= 4 is 5.91 Å². The van der Waals surface area contributed by atoms with Crippen LogP contribution in [0, 0.1) is 5.82 Å². The van der Waals surface area contributed by atoms with Gasteiger partial charge in [0.2, 0.25) is 0 Å². The molecule has 1 heterocycles. The largest absolute Gasteiger partial charge is 0.350 e. The highest BCUT2D eigenvalue weighted by atomic mass is 19.1. The molecule has 0 aliphatic rings. The minimum Gasteiger partial charge on any atom is -0.350 e. The Morgan fingerprint density at radius 3 is 2.85 bits per heavy atom. The van der Waals surface area contributed by atoms with E-state index >= 15 is 0 Å². The van der Waals surface area contributed by atoms with Crippen LogP contribution >= 0.6 is 0 Å². The molecule has 1 N–H and O–H groups in total. The van der Waals surface area contributed by atoms with Gasteiger partial charge in [-0.05, 0) is 30.2 Å². The molecule has 1 amide bonds. The van der Waals surface area contributed by atoms with Crippen LogP contribution in [-0.4, -0.2) is 22.2 Å². The molecule has 6 heteroatoms. The summed E-state index contributed by atoms with van der Waals surface area (Å²) in [7, 11) is 1.48. The number of hydrogen-bond acceptors (Lipinski definition) is 3. The van der Waals surface area contributed by atoms with Crippen molar-refractivity contribution < 1.29 is 9.18 Å². The van der Waals surface area contributed by atoms with Gasteiger partial charge in [0, 0.05) is 19.7 Å². The van der Waals surface area contributed by atoms with Crippen LogP contribution in [0.4, 0.5) is 4.39 Å². The summed E-state index contributed by atoms with van der Waals surface area (Å²) < 4.78 is 14.1. The van der Waals surface area contributed by atoms with Gasteiger partial charge < -0.3 is 5.32 Å². The first-order valence-corrected chi connectivity index (χ1v) is 6.13. The Morgan fingerprint density at radius 1 is 1.35 bits per heavy atom. The van der Waals surface area contributed by atoms with Gasteiger partial charge in [-0.1, -0.05) is 12.1 Å². The third-order valence-electron chi connectivity index (χ3n) is 2.78. The van der Waals surface area contributed by atoms with E-state index < -0.39 is 0 Å². The molecule has 104 valence electrons. The van der Waals surface area contributed by atoms with E-state index in [-0.39, 0.29) is 23.0 Å². The molecule has 0 bridgehead atoms. The number of aryl methyl sites for hydroxylation is 1. The van der Waals surface area contributed by atoms with E-state index in [1.807, 2.05) is 0 Å². The number of carbonyl (C=O) groups excluding carboxylic acids is 1. The normalized spacial score (nSPS) is 10.3. The molecule has 20 heavy (non-hydrogen) atoms. The van der Waals surface area contributed by atoms with Crippen molar-refractivity contribution in [1.29, 1.82) is 0 Å². The van der Waals surface area contributed by atoms with Crippen LogP contribution in [0.2, 0.25) is 0 Å². The van der Waals surface area contributed by atoms with E-state index in [9.17, 15) is 14.0 Å². The van der Waals surface area contributed by atoms with Gasteiger partial charge in [-0.2, -0.15) is 5.10 Å². The van der Waals surface area contributed by atoms with Crippen LogP contribution < -0.4 is 10.9 Å². The Balaban J connectivity index is 1.92. The van der Waals surface area contributed by atoms with Crippen LogP contribution in [0.1, 0.15) is 16.1 Å². The van der Waals surface area contributed by atoms with Crippen molar-refractivity contribution in [3.8, 4) is 0 Å². The van der Waals surface area contributed by atoms with Crippen LogP contribution in [0.3, 0.4) is 0 Å². The van der Waals surface area contributed by atoms with Crippen molar-refractivity contribution in [2.75, 3.05) is 6.54 Å². The fourth-order valence-electron chi connectivity index (χ4n) is 1.73. The first kappa shape index (κ1) is 13.9. The SMILES string of the molecule is Cn1nc(C(=O)NCCc2cccc(F)c2)ccc1=O. The second-order valence-corrected chi connectivity index (χ2v) is 4.32. The van der Waals surface area contributed by atoms with Crippen molar-refractivity contribution in [2.45, 2.75) is 6.42 Å². The lowest BCUT2D eigenvalue weighted by Crippen LogP contribution is -2.29. The zero-order valence-electron chi connectivity index (χ0n) is 11.0. The Morgan fingerprint density at radius 2 is 2.15 bits per heavy atom. The molecule has 0 saturated carbocycles. The highest BCUT2D eigenvalue weighted by Gasteiger charge is 2.07. The number of halogens is 1. The van der Waals surface area contributed by atoms with E-state index in [2.05, 4.69) is 10.4 Å². The average molecular weight is 275 g/mol. The van der Waals surface area contributed by atoms with Gasteiger partial charge in [-0.3, -0.25) is 9.59 Å². The fraction of sp³-hybridized carbons (Fsp3) is 0.214. The van der Waals surface area contributed by atoms with Crippen molar-refractivity contribution in [3.05, 3.63) is 63.8 Å². The lowest BCUT2D eigenvalue weighted by molar-refractivity contribution is 0.0947. The smallest absolute Gasteiger partial charge is 0.271 e. The minimum absolute atomic E-state index is 0.173. The summed E-state index contributed by atoms with van der Waals surface area (Å²) in [4.78, 5) is 23.0. The van der Waals surface area contributed by atoms with Crippen molar-refractivity contribution in [2.24, 2.45) is 7.05 Å². The lowest BCUT2D eigenvalue weighted by atomic mass is 10.1. The molecule has 2 rings (SSSR count). The number of hydrogen-bond donors (Lipinski definition) is 1. The second kappa shape index (κ2) is 6.10. The van der Waals surface area contributed by atoms with E-state index in [0.29, 0.717) is 13.0 Å². The maximum Gasteiger partial charge on any atom is 0.271 e. The third kappa shape index (κ3) is 3.50. The number of benzene rings is 1. The molecule has 5 nitrogen and oxygen atoms in total. The Kier molecular flexibility index (Phi) is 4.24. The summed E-state index contributed by atoms with van der Waals surface area (Å²) in [6, 6.07) is 8.88. The number of nitrogens with one attached hydrogen (secondary N) is 1. The van der Waals surface area contributed by atoms with Gasteiger partial charge in [-0.15, -0.1) is 0 Å². The molecule has 0 aliphatic carbocycles. The molecule has 0 unspecified atom stereocenters. The molecule has 1 aromatic carbocycles. The summed E-state index contributed by atoms with van der Waals surface area (Å²) in [6.45, 7) is 0.368. The number of nitrogens with zero attached hydrogens (tertiary/aromatic N) is 2. The summed E-state index contributed by atoms with van der Waals surface area (Å²) >= 11 is 0. The van der Waals surface area contributed by atoms with E-state index in [1.165, 1.54) is 31.3 Å². The number of rotatable bonds is 4.